The zero-order valence-electron chi connectivity index (χ0n) is 22.3. The van der Waals surface area contributed by atoms with E-state index in [-0.39, 0.29) is 12.5 Å². The second kappa shape index (κ2) is 12.5. The van der Waals surface area contributed by atoms with E-state index >= 15 is 0 Å². The molecule has 202 valence electrons. The molecule has 4 aromatic carbocycles. The summed E-state index contributed by atoms with van der Waals surface area (Å²) in [6.07, 6.45) is 1.17. The third-order valence-corrected chi connectivity index (χ3v) is 7.32. The van der Waals surface area contributed by atoms with E-state index < -0.39 is 10.0 Å². The van der Waals surface area contributed by atoms with Gasteiger partial charge in [0.25, 0.3) is 5.91 Å². The summed E-state index contributed by atoms with van der Waals surface area (Å²) in [5, 5.41) is 2.85. The zero-order valence-corrected chi connectivity index (χ0v) is 23.1. The number of benzene rings is 4. The van der Waals surface area contributed by atoms with E-state index in [4.69, 9.17) is 9.47 Å². The van der Waals surface area contributed by atoms with Gasteiger partial charge in [-0.25, -0.2) is 8.42 Å². The van der Waals surface area contributed by atoms with Gasteiger partial charge in [-0.2, -0.15) is 0 Å². The molecule has 4 aromatic rings. The molecule has 0 spiro atoms. The van der Waals surface area contributed by atoms with E-state index in [1.54, 1.807) is 48.5 Å². The molecule has 0 radical (unpaired) electrons. The summed E-state index contributed by atoms with van der Waals surface area (Å²) in [4.78, 5) is 12.5. The van der Waals surface area contributed by atoms with Gasteiger partial charge in [-0.1, -0.05) is 36.4 Å². The fourth-order valence-electron chi connectivity index (χ4n) is 3.87. The first-order chi connectivity index (χ1) is 18.7. The molecule has 4 rings (SSSR count). The molecule has 0 atom stereocenters. The Kier molecular flexibility index (Phi) is 8.88. The van der Waals surface area contributed by atoms with Crippen LogP contribution in [-0.4, -0.2) is 33.7 Å². The van der Waals surface area contributed by atoms with Gasteiger partial charge in [0.1, 0.15) is 23.9 Å². The lowest BCUT2D eigenvalue weighted by Crippen LogP contribution is -2.29. The maximum Gasteiger partial charge on any atom is 0.251 e. The highest BCUT2D eigenvalue weighted by Gasteiger charge is 2.18. The third-order valence-electron chi connectivity index (χ3n) is 6.18. The maximum absolute atomic E-state index is 12.6. The van der Waals surface area contributed by atoms with Crippen LogP contribution in [0.2, 0.25) is 0 Å². The number of carbonyl (C=O) groups excluding carboxylic acids is 1. The van der Waals surface area contributed by atoms with Gasteiger partial charge < -0.3 is 14.8 Å². The molecule has 1 amide bonds. The van der Waals surface area contributed by atoms with Crippen molar-refractivity contribution in [1.29, 1.82) is 0 Å². The monoisotopic (exact) mass is 544 g/mol. The van der Waals surface area contributed by atoms with Gasteiger partial charge in [0, 0.05) is 5.56 Å². The average molecular weight is 545 g/mol. The number of anilines is 1. The Hall–Kier alpha value is -4.30. The highest BCUT2D eigenvalue weighted by atomic mass is 32.2. The molecule has 0 bridgehead atoms. The molecule has 39 heavy (non-hydrogen) atoms. The second-order valence-corrected chi connectivity index (χ2v) is 11.1. The van der Waals surface area contributed by atoms with Crippen molar-refractivity contribution < 1.29 is 22.7 Å². The fraction of sp³-hybridized carbons (Fsp3) is 0.194. The number of para-hydroxylation sites is 1. The van der Waals surface area contributed by atoms with Gasteiger partial charge >= 0.3 is 0 Å². The van der Waals surface area contributed by atoms with E-state index in [1.807, 2.05) is 62.4 Å². The molecule has 0 aliphatic carbocycles. The first-order valence-electron chi connectivity index (χ1n) is 12.6. The summed E-state index contributed by atoms with van der Waals surface area (Å²) in [5.41, 5.74) is 4.10. The number of nitrogens with zero attached hydrogens (tertiary/aromatic N) is 1. The number of sulfonamides is 1. The van der Waals surface area contributed by atoms with Crippen LogP contribution in [0.4, 0.5) is 5.69 Å². The smallest absolute Gasteiger partial charge is 0.251 e. The molecule has 0 aromatic heterocycles. The number of hydrogen-bond donors (Lipinski definition) is 1. The Labute approximate surface area is 230 Å². The normalized spacial score (nSPS) is 11.1. The van der Waals surface area contributed by atoms with Crippen LogP contribution in [0.25, 0.3) is 0 Å². The Morgan fingerprint density at radius 3 is 2.08 bits per heavy atom. The van der Waals surface area contributed by atoms with Crippen LogP contribution in [0.1, 0.15) is 27.0 Å². The van der Waals surface area contributed by atoms with Crippen LogP contribution < -0.4 is 19.1 Å². The predicted octanol–water partition coefficient (Wildman–Crippen LogP) is 5.87. The lowest BCUT2D eigenvalue weighted by atomic mass is 10.1. The summed E-state index contributed by atoms with van der Waals surface area (Å²) in [6.45, 7) is 4.91. The minimum atomic E-state index is -3.56. The van der Waals surface area contributed by atoms with Crippen LogP contribution in [0.3, 0.4) is 0 Å². The molecule has 7 nitrogen and oxygen atoms in total. The molecule has 8 heteroatoms. The summed E-state index contributed by atoms with van der Waals surface area (Å²) in [6, 6.07) is 29.0. The van der Waals surface area contributed by atoms with E-state index in [9.17, 15) is 13.2 Å². The Morgan fingerprint density at radius 2 is 1.44 bits per heavy atom. The SMILES string of the molecule is Cc1ccc(OCCNC(=O)c2ccc(CN(c3ccc(Oc4ccccc4)cc3)S(C)(=O)=O)cc2)cc1C. The van der Waals surface area contributed by atoms with Crippen molar-refractivity contribution >= 4 is 21.6 Å². The van der Waals surface area contributed by atoms with E-state index in [0.717, 1.165) is 16.9 Å². The van der Waals surface area contributed by atoms with Gasteiger partial charge in [-0.15, -0.1) is 0 Å². The second-order valence-electron chi connectivity index (χ2n) is 9.23. The third kappa shape index (κ3) is 7.85. The number of amides is 1. The maximum atomic E-state index is 12.6. The first kappa shape index (κ1) is 27.7. The van der Waals surface area contributed by atoms with Crippen LogP contribution in [0.5, 0.6) is 17.2 Å². The molecular weight excluding hydrogens is 512 g/mol. The van der Waals surface area contributed by atoms with E-state index in [2.05, 4.69) is 5.32 Å². The van der Waals surface area contributed by atoms with Crippen molar-refractivity contribution in [2.24, 2.45) is 0 Å². The summed E-state index contributed by atoms with van der Waals surface area (Å²) in [5.74, 6) is 1.85. The minimum absolute atomic E-state index is 0.128. The summed E-state index contributed by atoms with van der Waals surface area (Å²) < 4.78 is 38.0. The largest absolute Gasteiger partial charge is 0.492 e. The average Bonchev–Trinajstić information content (AvgIpc) is 2.92. The van der Waals surface area contributed by atoms with E-state index in [1.165, 1.54) is 16.1 Å². The fourth-order valence-corrected chi connectivity index (χ4v) is 4.76. The Morgan fingerprint density at radius 1 is 0.795 bits per heavy atom. The molecule has 0 aliphatic rings. The van der Waals surface area contributed by atoms with Gasteiger partial charge in [-0.3, -0.25) is 9.10 Å². The van der Waals surface area contributed by atoms with Gasteiger partial charge in [-0.05, 0) is 91.2 Å². The molecule has 0 unspecified atom stereocenters. The number of aryl methyl sites for hydroxylation is 2. The molecule has 0 fully saturated rings. The molecular formula is C31H32N2O5S. The minimum Gasteiger partial charge on any atom is -0.492 e. The number of nitrogens with one attached hydrogen (secondary N) is 1. The molecule has 1 N–H and O–H groups in total. The summed E-state index contributed by atoms with van der Waals surface area (Å²) in [7, 11) is -3.56. The molecule has 0 aliphatic heterocycles. The van der Waals surface area contributed by atoms with E-state index in [0.29, 0.717) is 35.9 Å². The van der Waals surface area contributed by atoms with Crippen LogP contribution in [0.15, 0.2) is 97.1 Å². The van der Waals surface area contributed by atoms with Crippen LogP contribution >= 0.6 is 0 Å². The lowest BCUT2D eigenvalue weighted by molar-refractivity contribution is 0.0947. The van der Waals surface area contributed by atoms with Crippen molar-refractivity contribution in [1.82, 2.24) is 5.32 Å². The first-order valence-corrected chi connectivity index (χ1v) is 14.4. The topological polar surface area (TPSA) is 84.9 Å². The Bertz CT molecular complexity index is 1500. The standard InChI is InChI=1S/C31H32N2O5S/c1-23-9-16-30(21-24(23)2)37-20-19-32-31(34)26-12-10-25(11-13-26)22-33(39(3,35)36)27-14-17-29(18-15-27)38-28-7-5-4-6-8-28/h4-18,21H,19-20,22H2,1-3H3,(H,32,34). The van der Waals surface area contributed by atoms with Crippen molar-refractivity contribution in [3.63, 3.8) is 0 Å². The predicted molar refractivity (Wildman–Crippen MR) is 154 cm³/mol. The number of carbonyl (C=O) groups is 1. The van der Waals surface area contributed by atoms with Crippen LogP contribution in [0, 0.1) is 13.8 Å². The van der Waals surface area contributed by atoms with Crippen molar-refractivity contribution in [2.45, 2.75) is 20.4 Å². The lowest BCUT2D eigenvalue weighted by Gasteiger charge is -2.23. The van der Waals surface area contributed by atoms with Gasteiger partial charge in [0.2, 0.25) is 10.0 Å². The highest BCUT2D eigenvalue weighted by molar-refractivity contribution is 7.92. The van der Waals surface area contributed by atoms with Crippen molar-refractivity contribution in [3.05, 3.63) is 119 Å². The van der Waals surface area contributed by atoms with Crippen LogP contribution in [-0.2, 0) is 16.6 Å². The van der Waals surface area contributed by atoms with Gasteiger partial charge in [0.05, 0.1) is 25.0 Å². The number of rotatable bonds is 11. The molecule has 0 heterocycles. The number of hydrogen-bond acceptors (Lipinski definition) is 5. The van der Waals surface area contributed by atoms with Crippen molar-refractivity contribution in [3.8, 4) is 17.2 Å². The summed E-state index contributed by atoms with van der Waals surface area (Å²) >= 11 is 0. The highest BCUT2D eigenvalue weighted by Crippen LogP contribution is 2.27. The Balaban J connectivity index is 1.33. The van der Waals surface area contributed by atoms with Gasteiger partial charge in [0.15, 0.2) is 0 Å². The quantitative estimate of drug-likeness (QED) is 0.239. The molecule has 0 saturated heterocycles. The van der Waals surface area contributed by atoms with Crippen molar-refractivity contribution in [2.75, 3.05) is 23.7 Å². The molecule has 0 saturated carbocycles. The zero-order chi connectivity index (χ0) is 27.8. The number of ether oxygens (including phenoxy) is 2.